The van der Waals surface area contributed by atoms with Gasteiger partial charge in [0.05, 0.1) is 7.11 Å². The van der Waals surface area contributed by atoms with Gasteiger partial charge in [-0.15, -0.1) is 0 Å². The molecule has 1 aliphatic carbocycles. The highest BCUT2D eigenvalue weighted by molar-refractivity contribution is 5.69. The second-order valence-corrected chi connectivity index (χ2v) is 8.09. The first-order chi connectivity index (χ1) is 12.9. The highest BCUT2D eigenvalue weighted by Gasteiger charge is 2.32. The first-order valence-electron chi connectivity index (χ1n) is 9.55. The fourth-order valence-electron chi connectivity index (χ4n) is 3.64. The zero-order chi connectivity index (χ0) is 19.4. The summed E-state index contributed by atoms with van der Waals surface area (Å²) in [5.41, 5.74) is 3.11. The van der Waals surface area contributed by atoms with Crippen molar-refractivity contribution in [2.45, 2.75) is 58.2 Å². The molecule has 4 nitrogen and oxygen atoms in total. The summed E-state index contributed by atoms with van der Waals surface area (Å²) in [7, 11) is 1.70. The van der Waals surface area contributed by atoms with E-state index >= 15 is 0 Å². The average Bonchev–Trinajstić information content (AvgIpc) is 2.64. The molecule has 2 aromatic carbocycles. The molecule has 2 aromatic rings. The fourth-order valence-corrected chi connectivity index (χ4v) is 3.64. The number of fused-ring (bicyclic) bond motifs is 1. The number of benzene rings is 2. The number of nitrogens with zero attached hydrogens (tertiary/aromatic N) is 1. The number of hydrogen-bond acceptors (Lipinski definition) is 3. The number of aryl methyl sites for hydroxylation is 1. The van der Waals surface area contributed by atoms with Gasteiger partial charge in [-0.2, -0.15) is 0 Å². The molecule has 1 aliphatic rings. The van der Waals surface area contributed by atoms with Crippen LogP contribution in [0.4, 0.5) is 4.79 Å². The monoisotopic (exact) mass is 367 g/mol. The Labute approximate surface area is 162 Å². The Hall–Kier alpha value is -2.49. The highest BCUT2D eigenvalue weighted by Crippen LogP contribution is 2.32. The molecule has 144 valence electrons. The number of methoxy groups -OCH3 is 1. The van der Waals surface area contributed by atoms with E-state index in [0.717, 1.165) is 30.6 Å². The molecule has 27 heavy (non-hydrogen) atoms. The fraction of sp³-hybridized carbons (Fsp3) is 0.435. The van der Waals surface area contributed by atoms with Crippen molar-refractivity contribution in [1.82, 2.24) is 4.90 Å². The van der Waals surface area contributed by atoms with Crippen molar-refractivity contribution in [1.29, 1.82) is 0 Å². The maximum Gasteiger partial charge on any atom is 0.410 e. The third kappa shape index (κ3) is 4.82. The van der Waals surface area contributed by atoms with E-state index in [1.54, 1.807) is 7.11 Å². The van der Waals surface area contributed by atoms with Gasteiger partial charge in [0.15, 0.2) is 0 Å². The normalized spacial score (nSPS) is 16.4. The molecule has 0 bridgehead atoms. The van der Waals surface area contributed by atoms with Gasteiger partial charge in [0.1, 0.15) is 11.4 Å². The van der Waals surface area contributed by atoms with Crippen molar-refractivity contribution >= 4 is 6.09 Å². The summed E-state index contributed by atoms with van der Waals surface area (Å²) in [4.78, 5) is 14.9. The van der Waals surface area contributed by atoms with E-state index in [1.807, 2.05) is 56.0 Å². The van der Waals surface area contributed by atoms with Crippen molar-refractivity contribution in [2.75, 3.05) is 7.11 Å². The van der Waals surface area contributed by atoms with Crippen LogP contribution in [0.25, 0.3) is 0 Å². The Kier molecular flexibility index (Phi) is 5.73. The minimum atomic E-state index is -0.518. The van der Waals surface area contributed by atoms with E-state index in [-0.39, 0.29) is 12.1 Å². The Morgan fingerprint density at radius 3 is 2.52 bits per heavy atom. The minimum Gasteiger partial charge on any atom is -0.496 e. The van der Waals surface area contributed by atoms with Gasteiger partial charge in [-0.25, -0.2) is 4.79 Å². The molecule has 1 atom stereocenters. The second-order valence-electron chi connectivity index (χ2n) is 8.09. The van der Waals surface area contributed by atoms with Gasteiger partial charge in [0.25, 0.3) is 0 Å². The summed E-state index contributed by atoms with van der Waals surface area (Å²) >= 11 is 0. The summed E-state index contributed by atoms with van der Waals surface area (Å²) in [6, 6.07) is 16.4. The van der Waals surface area contributed by atoms with Crippen LogP contribution in [0.1, 0.15) is 43.9 Å². The van der Waals surface area contributed by atoms with E-state index in [0.29, 0.717) is 6.54 Å². The summed E-state index contributed by atoms with van der Waals surface area (Å²) < 4.78 is 11.3. The molecule has 1 amide bonds. The van der Waals surface area contributed by atoms with Crippen LogP contribution in [0.15, 0.2) is 48.5 Å². The van der Waals surface area contributed by atoms with E-state index < -0.39 is 5.60 Å². The van der Waals surface area contributed by atoms with Crippen LogP contribution in [0.2, 0.25) is 0 Å². The predicted octanol–water partition coefficient (Wildman–Crippen LogP) is 4.99. The lowest BCUT2D eigenvalue weighted by Gasteiger charge is -2.36. The van der Waals surface area contributed by atoms with Gasteiger partial charge in [0.2, 0.25) is 0 Å². The van der Waals surface area contributed by atoms with Gasteiger partial charge < -0.3 is 14.4 Å². The van der Waals surface area contributed by atoms with Crippen molar-refractivity contribution < 1.29 is 14.3 Å². The Bertz CT molecular complexity index is 766. The minimum absolute atomic E-state index is 0.0869. The highest BCUT2D eigenvalue weighted by atomic mass is 16.6. The summed E-state index contributed by atoms with van der Waals surface area (Å²) in [6.45, 7) is 6.27. The van der Waals surface area contributed by atoms with Crippen molar-refractivity contribution in [2.24, 2.45) is 0 Å². The van der Waals surface area contributed by atoms with Crippen molar-refractivity contribution in [3.8, 4) is 5.75 Å². The topological polar surface area (TPSA) is 38.8 Å². The summed E-state index contributed by atoms with van der Waals surface area (Å²) in [6.07, 6.45) is 2.39. The Balaban J connectivity index is 1.87. The number of amides is 1. The van der Waals surface area contributed by atoms with Gasteiger partial charge >= 0.3 is 6.09 Å². The SMILES string of the molecule is COc1cccc2c1C[C@H](N(Cc1ccccc1)C(=O)OC(C)(C)C)CC2. The Morgan fingerprint density at radius 1 is 1.11 bits per heavy atom. The van der Waals surface area contributed by atoms with Crippen LogP contribution >= 0.6 is 0 Å². The molecule has 0 unspecified atom stereocenters. The lowest BCUT2D eigenvalue weighted by molar-refractivity contribution is 0.0124. The van der Waals surface area contributed by atoms with Crippen molar-refractivity contribution in [3.05, 3.63) is 65.2 Å². The predicted molar refractivity (Wildman–Crippen MR) is 107 cm³/mol. The quantitative estimate of drug-likeness (QED) is 0.764. The van der Waals surface area contributed by atoms with E-state index in [9.17, 15) is 4.79 Å². The molecule has 0 aromatic heterocycles. The van der Waals surface area contributed by atoms with Crippen LogP contribution in [-0.2, 0) is 24.1 Å². The second kappa shape index (κ2) is 8.03. The maximum atomic E-state index is 13.0. The number of carbonyl (C=O) groups excluding carboxylic acids is 1. The third-order valence-corrected chi connectivity index (χ3v) is 4.90. The average molecular weight is 367 g/mol. The Morgan fingerprint density at radius 2 is 1.85 bits per heavy atom. The molecule has 0 spiro atoms. The van der Waals surface area contributed by atoms with Gasteiger partial charge in [-0.05, 0) is 62.8 Å². The zero-order valence-electron chi connectivity index (χ0n) is 16.7. The lowest BCUT2D eigenvalue weighted by atomic mass is 9.86. The summed E-state index contributed by atoms with van der Waals surface area (Å²) in [5, 5.41) is 0. The third-order valence-electron chi connectivity index (χ3n) is 4.90. The summed E-state index contributed by atoms with van der Waals surface area (Å²) in [5.74, 6) is 0.904. The van der Waals surface area contributed by atoms with E-state index in [1.165, 1.54) is 11.1 Å². The number of hydrogen-bond donors (Lipinski definition) is 0. The molecule has 3 rings (SSSR count). The van der Waals surface area contributed by atoms with Crippen LogP contribution in [0.3, 0.4) is 0 Å². The van der Waals surface area contributed by atoms with E-state index in [4.69, 9.17) is 9.47 Å². The number of ether oxygens (including phenoxy) is 2. The molecule has 0 saturated heterocycles. The molecule has 0 saturated carbocycles. The first-order valence-corrected chi connectivity index (χ1v) is 9.55. The molecule has 0 radical (unpaired) electrons. The van der Waals surface area contributed by atoms with Gasteiger partial charge in [-0.1, -0.05) is 42.5 Å². The van der Waals surface area contributed by atoms with E-state index in [2.05, 4.69) is 18.2 Å². The molecule has 0 fully saturated rings. The molecule has 0 aliphatic heterocycles. The van der Waals surface area contributed by atoms with Crippen LogP contribution in [0.5, 0.6) is 5.75 Å². The van der Waals surface area contributed by atoms with Crippen LogP contribution in [0, 0.1) is 0 Å². The lowest BCUT2D eigenvalue weighted by Crippen LogP contribution is -2.45. The van der Waals surface area contributed by atoms with Crippen LogP contribution < -0.4 is 4.74 Å². The van der Waals surface area contributed by atoms with Gasteiger partial charge in [0, 0.05) is 12.6 Å². The molecule has 4 heteroatoms. The zero-order valence-corrected chi connectivity index (χ0v) is 16.7. The van der Waals surface area contributed by atoms with Crippen molar-refractivity contribution in [3.63, 3.8) is 0 Å². The molecular formula is C23H29NO3. The first kappa shape index (κ1) is 19.3. The molecular weight excluding hydrogens is 338 g/mol. The van der Waals surface area contributed by atoms with Crippen LogP contribution in [-0.4, -0.2) is 29.7 Å². The standard InChI is InChI=1S/C23H29NO3/c1-23(2,3)27-22(25)24(16-17-9-6-5-7-10-17)19-14-13-18-11-8-12-21(26-4)20(18)15-19/h5-12,19H,13-16H2,1-4H3/t19-/m1/s1. The smallest absolute Gasteiger partial charge is 0.410 e. The largest absolute Gasteiger partial charge is 0.496 e. The number of carbonyl (C=O) groups is 1. The maximum absolute atomic E-state index is 13.0. The number of rotatable bonds is 4. The molecule has 0 heterocycles. The molecule has 0 N–H and O–H groups in total. The van der Waals surface area contributed by atoms with Gasteiger partial charge in [-0.3, -0.25) is 0 Å².